The third-order valence-corrected chi connectivity index (χ3v) is 4.69. The third-order valence-electron chi connectivity index (χ3n) is 4.69. The zero-order valence-electron chi connectivity index (χ0n) is 13.7. The minimum atomic E-state index is -0.379. The van der Waals surface area contributed by atoms with Gasteiger partial charge in [-0.3, -0.25) is 4.79 Å². The van der Waals surface area contributed by atoms with Crippen molar-refractivity contribution in [2.24, 2.45) is 0 Å². The Bertz CT molecular complexity index is 492. The van der Waals surface area contributed by atoms with E-state index in [-0.39, 0.29) is 12.0 Å². The van der Waals surface area contributed by atoms with Crippen molar-refractivity contribution in [3.05, 3.63) is 29.3 Å². The summed E-state index contributed by atoms with van der Waals surface area (Å²) in [5, 5.41) is 0. The first-order valence-corrected chi connectivity index (χ1v) is 8.04. The molecule has 0 aromatic heterocycles. The molecule has 3 nitrogen and oxygen atoms in total. The molecule has 1 aliphatic carbocycles. The van der Waals surface area contributed by atoms with Crippen LogP contribution in [0.5, 0.6) is 5.75 Å². The fourth-order valence-electron chi connectivity index (χ4n) is 3.01. The average molecular weight is 289 g/mol. The van der Waals surface area contributed by atoms with Crippen LogP contribution in [0.25, 0.3) is 0 Å². The van der Waals surface area contributed by atoms with Crippen molar-refractivity contribution in [1.29, 1.82) is 0 Å². The molecule has 0 radical (unpaired) electrons. The Labute approximate surface area is 128 Å². The lowest BCUT2D eigenvalue weighted by Crippen LogP contribution is -2.44. The predicted molar refractivity (Wildman–Crippen MR) is 85.6 cm³/mol. The highest BCUT2D eigenvalue weighted by atomic mass is 16.5. The van der Waals surface area contributed by atoms with Crippen molar-refractivity contribution in [2.75, 3.05) is 7.05 Å². The minimum absolute atomic E-state index is 0.116. The van der Waals surface area contributed by atoms with Crippen LogP contribution in [0, 0.1) is 13.8 Å². The summed E-state index contributed by atoms with van der Waals surface area (Å²) in [6, 6.07) is 6.40. The van der Waals surface area contributed by atoms with E-state index in [1.807, 2.05) is 37.9 Å². The van der Waals surface area contributed by atoms with Gasteiger partial charge in [0.05, 0.1) is 0 Å². The smallest absolute Gasteiger partial charge is 0.263 e. The van der Waals surface area contributed by atoms with Gasteiger partial charge in [0, 0.05) is 13.1 Å². The molecular weight excluding hydrogens is 262 g/mol. The molecule has 3 heteroatoms. The quantitative estimate of drug-likeness (QED) is 0.823. The van der Waals surface area contributed by atoms with Gasteiger partial charge in [-0.2, -0.15) is 0 Å². The zero-order chi connectivity index (χ0) is 15.4. The van der Waals surface area contributed by atoms with Crippen LogP contribution in [-0.2, 0) is 4.79 Å². The zero-order valence-corrected chi connectivity index (χ0v) is 13.7. The van der Waals surface area contributed by atoms with Gasteiger partial charge in [0.25, 0.3) is 5.91 Å². The van der Waals surface area contributed by atoms with E-state index in [9.17, 15) is 4.79 Å². The Balaban J connectivity index is 2.08. The van der Waals surface area contributed by atoms with Gasteiger partial charge >= 0.3 is 0 Å². The van der Waals surface area contributed by atoms with Crippen molar-refractivity contribution in [3.63, 3.8) is 0 Å². The van der Waals surface area contributed by atoms with Crippen LogP contribution in [0.1, 0.15) is 50.2 Å². The van der Waals surface area contributed by atoms with Gasteiger partial charge in [-0.05, 0) is 50.3 Å². The van der Waals surface area contributed by atoms with Gasteiger partial charge in [0.2, 0.25) is 0 Å². The van der Waals surface area contributed by atoms with Crippen LogP contribution in [0.4, 0.5) is 0 Å². The number of carbonyl (C=O) groups is 1. The number of ether oxygens (including phenoxy) is 1. The summed E-state index contributed by atoms with van der Waals surface area (Å²) in [6.07, 6.45) is 5.04. The fraction of sp³-hybridized carbons (Fsp3) is 0.611. The second-order valence-corrected chi connectivity index (χ2v) is 6.10. The van der Waals surface area contributed by atoms with Crippen LogP contribution in [0.2, 0.25) is 0 Å². The number of aryl methyl sites for hydroxylation is 1. The Kier molecular flexibility index (Phi) is 5.27. The molecule has 1 amide bonds. The molecule has 1 aromatic rings. The van der Waals surface area contributed by atoms with Crippen molar-refractivity contribution in [3.8, 4) is 5.75 Å². The summed E-state index contributed by atoms with van der Waals surface area (Å²) < 4.78 is 6.03. The van der Waals surface area contributed by atoms with E-state index in [4.69, 9.17) is 4.74 Å². The fourth-order valence-corrected chi connectivity index (χ4v) is 3.01. The summed E-state index contributed by atoms with van der Waals surface area (Å²) in [7, 11) is 1.92. The maximum absolute atomic E-state index is 12.7. The Morgan fingerprint density at radius 2 is 2.00 bits per heavy atom. The van der Waals surface area contributed by atoms with E-state index >= 15 is 0 Å². The van der Waals surface area contributed by atoms with Gasteiger partial charge in [-0.1, -0.05) is 31.9 Å². The van der Waals surface area contributed by atoms with Crippen LogP contribution in [0.3, 0.4) is 0 Å². The summed E-state index contributed by atoms with van der Waals surface area (Å²) in [6.45, 7) is 6.12. The van der Waals surface area contributed by atoms with Gasteiger partial charge in [-0.25, -0.2) is 0 Å². The van der Waals surface area contributed by atoms with E-state index in [0.29, 0.717) is 12.5 Å². The Morgan fingerprint density at radius 3 is 2.62 bits per heavy atom. The van der Waals surface area contributed by atoms with E-state index in [2.05, 4.69) is 13.0 Å². The summed E-state index contributed by atoms with van der Waals surface area (Å²) in [5.41, 5.74) is 2.31. The minimum Gasteiger partial charge on any atom is -0.480 e. The lowest BCUT2D eigenvalue weighted by molar-refractivity contribution is -0.139. The lowest BCUT2D eigenvalue weighted by Gasteiger charge is -2.29. The second-order valence-electron chi connectivity index (χ2n) is 6.10. The van der Waals surface area contributed by atoms with Crippen LogP contribution < -0.4 is 4.74 Å². The highest BCUT2D eigenvalue weighted by Gasteiger charge is 2.29. The summed E-state index contributed by atoms with van der Waals surface area (Å²) >= 11 is 0. The van der Waals surface area contributed by atoms with E-state index in [1.165, 1.54) is 18.4 Å². The van der Waals surface area contributed by atoms with E-state index in [1.54, 1.807) is 0 Å². The standard InChI is InChI=1S/C18H27NO2/c1-5-16(18(20)19(4)15-10-6-7-11-15)21-17-12-8-9-13(2)14(17)3/h8-9,12,15-16H,5-7,10-11H2,1-4H3/t16-/m1/s1. The first-order valence-electron chi connectivity index (χ1n) is 8.04. The molecule has 0 N–H and O–H groups in total. The lowest BCUT2D eigenvalue weighted by atomic mass is 10.1. The van der Waals surface area contributed by atoms with Gasteiger partial charge in [0.15, 0.2) is 6.10 Å². The van der Waals surface area contributed by atoms with Crippen molar-refractivity contribution < 1.29 is 9.53 Å². The number of rotatable bonds is 5. The summed E-state index contributed by atoms with van der Waals surface area (Å²) in [4.78, 5) is 14.6. The number of amides is 1. The van der Waals surface area contributed by atoms with Crippen molar-refractivity contribution >= 4 is 5.91 Å². The molecule has 21 heavy (non-hydrogen) atoms. The molecular formula is C18H27NO2. The van der Waals surface area contributed by atoms with Gasteiger partial charge in [-0.15, -0.1) is 0 Å². The molecule has 0 heterocycles. The molecule has 116 valence electrons. The highest BCUT2D eigenvalue weighted by Crippen LogP contribution is 2.26. The number of hydrogen-bond acceptors (Lipinski definition) is 2. The number of likely N-dealkylation sites (N-methyl/N-ethyl adjacent to an activating group) is 1. The summed E-state index contributed by atoms with van der Waals surface area (Å²) in [5.74, 6) is 0.945. The van der Waals surface area contributed by atoms with Gasteiger partial charge in [0.1, 0.15) is 5.75 Å². The van der Waals surface area contributed by atoms with E-state index in [0.717, 1.165) is 24.2 Å². The Hall–Kier alpha value is -1.51. The topological polar surface area (TPSA) is 29.5 Å². The van der Waals surface area contributed by atoms with Crippen LogP contribution in [0.15, 0.2) is 18.2 Å². The normalized spacial score (nSPS) is 16.8. The molecule has 0 unspecified atom stereocenters. The molecule has 1 aromatic carbocycles. The molecule has 0 spiro atoms. The number of nitrogens with zero attached hydrogens (tertiary/aromatic N) is 1. The first kappa shape index (κ1) is 15.9. The molecule has 1 atom stereocenters. The molecule has 1 fully saturated rings. The first-order chi connectivity index (χ1) is 10.0. The second kappa shape index (κ2) is 6.97. The number of benzene rings is 1. The Morgan fingerprint density at radius 1 is 1.33 bits per heavy atom. The molecule has 0 aliphatic heterocycles. The molecule has 0 bridgehead atoms. The largest absolute Gasteiger partial charge is 0.480 e. The van der Waals surface area contributed by atoms with Crippen molar-refractivity contribution in [1.82, 2.24) is 4.90 Å². The van der Waals surface area contributed by atoms with Crippen molar-refractivity contribution in [2.45, 2.75) is 65.0 Å². The molecule has 2 rings (SSSR count). The monoisotopic (exact) mass is 289 g/mol. The van der Waals surface area contributed by atoms with Gasteiger partial charge < -0.3 is 9.64 Å². The van der Waals surface area contributed by atoms with Crippen LogP contribution in [-0.4, -0.2) is 30.0 Å². The predicted octanol–water partition coefficient (Wildman–Crippen LogP) is 3.86. The highest BCUT2D eigenvalue weighted by molar-refractivity contribution is 5.81. The maximum Gasteiger partial charge on any atom is 0.263 e. The average Bonchev–Trinajstić information content (AvgIpc) is 3.01. The molecule has 1 saturated carbocycles. The van der Waals surface area contributed by atoms with Crippen LogP contribution >= 0.6 is 0 Å². The maximum atomic E-state index is 12.7. The molecule has 1 aliphatic rings. The number of carbonyl (C=O) groups excluding carboxylic acids is 1. The number of hydrogen-bond donors (Lipinski definition) is 0. The third kappa shape index (κ3) is 3.58. The molecule has 0 saturated heterocycles. The SMILES string of the molecule is CC[C@@H](Oc1cccc(C)c1C)C(=O)N(C)C1CCCC1. The van der Waals surface area contributed by atoms with E-state index < -0.39 is 0 Å².